The zero-order chi connectivity index (χ0) is 11.9. The van der Waals surface area contributed by atoms with Gasteiger partial charge in [0.05, 0.1) is 0 Å². The molecule has 0 unspecified atom stereocenters. The van der Waals surface area contributed by atoms with Crippen molar-refractivity contribution in [2.75, 3.05) is 5.75 Å². The van der Waals surface area contributed by atoms with Crippen LogP contribution in [0, 0.1) is 5.75 Å². The van der Waals surface area contributed by atoms with E-state index in [0.29, 0.717) is 0 Å². The molecule has 0 heterocycles. The molecule has 16 heavy (non-hydrogen) atoms. The van der Waals surface area contributed by atoms with Gasteiger partial charge in [-0.3, -0.25) is 0 Å². The lowest BCUT2D eigenvalue weighted by Crippen LogP contribution is -1.82. The van der Waals surface area contributed by atoms with Gasteiger partial charge in [-0.25, -0.2) is 0 Å². The van der Waals surface area contributed by atoms with Crippen LogP contribution in [0.1, 0.15) is 84.5 Å². The summed E-state index contributed by atoms with van der Waals surface area (Å²) in [6, 6.07) is 0. The molecule has 0 rings (SSSR count). The highest BCUT2D eigenvalue weighted by Crippen LogP contribution is 2.14. The summed E-state index contributed by atoms with van der Waals surface area (Å²) in [7, 11) is 0. The maximum Gasteiger partial charge on any atom is 0.0166 e. The van der Waals surface area contributed by atoms with Crippen LogP contribution >= 0.6 is 11.8 Å². The normalized spacial score (nSPS) is 10.9. The molecule has 0 aliphatic carbocycles. The van der Waals surface area contributed by atoms with Gasteiger partial charge in [-0.1, -0.05) is 78.1 Å². The molecule has 0 amide bonds. The molecule has 0 aromatic rings. The van der Waals surface area contributed by atoms with Crippen LogP contribution in [0.4, 0.5) is 0 Å². The van der Waals surface area contributed by atoms with E-state index in [-0.39, 0.29) is 0 Å². The van der Waals surface area contributed by atoms with Crippen molar-refractivity contribution in [3.63, 3.8) is 0 Å². The molecule has 0 aliphatic rings. The lowest BCUT2D eigenvalue weighted by atomic mass is 10.1. The Labute approximate surface area is 108 Å². The van der Waals surface area contributed by atoms with Gasteiger partial charge in [0, 0.05) is 5.75 Å². The van der Waals surface area contributed by atoms with Gasteiger partial charge in [0.2, 0.25) is 0 Å². The quantitative estimate of drug-likeness (QED) is 0.346. The fourth-order valence-corrected chi connectivity index (χ4v) is 2.49. The fraction of sp³-hybridized carbons (Fsp3) is 0.933. The predicted molar refractivity (Wildman–Crippen MR) is 78.9 cm³/mol. The lowest BCUT2D eigenvalue weighted by molar-refractivity contribution is 0.557. The van der Waals surface area contributed by atoms with Crippen molar-refractivity contribution >= 4 is 11.8 Å². The van der Waals surface area contributed by atoms with Crippen LogP contribution < -0.4 is 0 Å². The first-order valence-electron chi connectivity index (χ1n) is 7.35. The van der Waals surface area contributed by atoms with E-state index in [2.05, 4.69) is 19.6 Å². The highest BCUT2D eigenvalue weighted by Gasteiger charge is 1.93. The summed E-state index contributed by atoms with van der Waals surface area (Å²) in [6.45, 7) is 4.51. The summed E-state index contributed by atoms with van der Waals surface area (Å²) in [5, 5.41) is 0. The molecule has 0 bridgehead atoms. The lowest BCUT2D eigenvalue weighted by Gasteiger charge is -2.02. The second kappa shape index (κ2) is 15.4. The Morgan fingerprint density at radius 2 is 1.19 bits per heavy atom. The second-order valence-electron chi connectivity index (χ2n) is 4.59. The Bertz CT molecular complexity index is 98.0. The predicted octanol–water partition coefficient (Wildman–Crippen LogP) is 6.21. The summed E-state index contributed by atoms with van der Waals surface area (Å²) in [6.07, 6.45) is 15.7. The summed E-state index contributed by atoms with van der Waals surface area (Å²) >= 11 is 1.96. The van der Waals surface area contributed by atoms with Gasteiger partial charge in [0.15, 0.2) is 0 Å². The van der Waals surface area contributed by atoms with E-state index in [4.69, 9.17) is 0 Å². The minimum atomic E-state index is 1.23. The smallest absolute Gasteiger partial charge is 0.0166 e. The molecular weight excluding hydrogens is 212 g/mol. The van der Waals surface area contributed by atoms with Crippen LogP contribution in [0.2, 0.25) is 0 Å². The van der Waals surface area contributed by atoms with Gasteiger partial charge in [-0.05, 0) is 12.2 Å². The molecule has 0 saturated carbocycles. The Balaban J connectivity index is 2.83. The van der Waals surface area contributed by atoms with Gasteiger partial charge < -0.3 is 0 Å². The van der Waals surface area contributed by atoms with Gasteiger partial charge in [-0.15, -0.1) is 0 Å². The molecule has 1 radical (unpaired) electrons. The molecular formula is C15H31S. The van der Waals surface area contributed by atoms with Gasteiger partial charge in [0.1, 0.15) is 0 Å². The van der Waals surface area contributed by atoms with E-state index in [9.17, 15) is 0 Å². The molecule has 97 valence electrons. The molecule has 0 aliphatic heterocycles. The Morgan fingerprint density at radius 3 is 1.69 bits per heavy atom. The maximum atomic E-state index is 2.38. The van der Waals surface area contributed by atoms with Crippen LogP contribution in [0.3, 0.4) is 0 Å². The number of thioether (sulfide) groups is 1. The van der Waals surface area contributed by atoms with Crippen molar-refractivity contribution in [3.05, 3.63) is 5.75 Å². The van der Waals surface area contributed by atoms with E-state index in [0.717, 1.165) is 0 Å². The highest BCUT2D eigenvalue weighted by atomic mass is 32.2. The van der Waals surface area contributed by atoms with Crippen LogP contribution in [-0.4, -0.2) is 5.75 Å². The zero-order valence-electron chi connectivity index (χ0n) is 11.5. The van der Waals surface area contributed by atoms with Crippen molar-refractivity contribution in [1.82, 2.24) is 0 Å². The average Bonchev–Trinajstić information content (AvgIpc) is 2.31. The van der Waals surface area contributed by atoms with Crippen molar-refractivity contribution in [3.8, 4) is 0 Å². The minimum Gasteiger partial charge on any atom is -0.158 e. The monoisotopic (exact) mass is 243 g/mol. The maximum absolute atomic E-state index is 2.38. The third kappa shape index (κ3) is 14.4. The molecule has 0 nitrogen and oxygen atoms in total. The van der Waals surface area contributed by atoms with Crippen molar-refractivity contribution in [2.45, 2.75) is 84.5 Å². The van der Waals surface area contributed by atoms with E-state index in [1.54, 1.807) is 0 Å². The summed E-state index contributed by atoms with van der Waals surface area (Å²) in [4.78, 5) is 0. The van der Waals surface area contributed by atoms with E-state index in [1.165, 1.54) is 76.4 Å². The van der Waals surface area contributed by atoms with E-state index < -0.39 is 0 Å². The Morgan fingerprint density at radius 1 is 0.688 bits per heavy atom. The molecule has 0 atom stereocenters. The molecule has 0 aromatic carbocycles. The summed E-state index contributed by atoms with van der Waals surface area (Å²) < 4.78 is 0. The molecule has 0 saturated heterocycles. The van der Waals surface area contributed by atoms with Crippen molar-refractivity contribution in [2.24, 2.45) is 0 Å². The van der Waals surface area contributed by atoms with Crippen LogP contribution in [0.5, 0.6) is 0 Å². The Hall–Kier alpha value is 0.350. The topological polar surface area (TPSA) is 0 Å². The molecule has 1 heteroatoms. The summed E-state index contributed by atoms with van der Waals surface area (Å²) in [5.74, 6) is 3.61. The zero-order valence-corrected chi connectivity index (χ0v) is 12.3. The number of hydrogen-bond acceptors (Lipinski definition) is 1. The molecule has 0 fully saturated rings. The second-order valence-corrected chi connectivity index (χ2v) is 5.84. The Kier molecular flexibility index (Phi) is 15.7. The number of rotatable bonds is 13. The summed E-state index contributed by atoms with van der Waals surface area (Å²) in [5.41, 5.74) is 0. The van der Waals surface area contributed by atoms with Crippen LogP contribution in [0.25, 0.3) is 0 Å². The third-order valence-corrected chi connectivity index (χ3v) is 3.76. The number of hydrogen-bond donors (Lipinski definition) is 0. The van der Waals surface area contributed by atoms with Crippen LogP contribution in [-0.2, 0) is 0 Å². The van der Waals surface area contributed by atoms with E-state index in [1.807, 2.05) is 11.8 Å². The SMILES string of the molecule is CCCCCCCCCCCC[CH]SCC. The van der Waals surface area contributed by atoms with Crippen molar-refractivity contribution < 1.29 is 0 Å². The van der Waals surface area contributed by atoms with Gasteiger partial charge in [-0.2, -0.15) is 11.8 Å². The van der Waals surface area contributed by atoms with Gasteiger partial charge in [0.25, 0.3) is 0 Å². The molecule has 0 aromatic heterocycles. The third-order valence-electron chi connectivity index (χ3n) is 2.96. The fourth-order valence-electron chi connectivity index (χ4n) is 1.92. The van der Waals surface area contributed by atoms with E-state index >= 15 is 0 Å². The van der Waals surface area contributed by atoms with Crippen LogP contribution in [0.15, 0.2) is 0 Å². The largest absolute Gasteiger partial charge is 0.158 e. The molecule has 0 spiro atoms. The van der Waals surface area contributed by atoms with Gasteiger partial charge >= 0.3 is 0 Å². The first-order chi connectivity index (χ1) is 7.91. The first-order valence-corrected chi connectivity index (χ1v) is 8.40. The standard InChI is InChI=1S/C15H31S/c1-3-5-6-7-8-9-10-11-12-13-14-15-16-4-2/h15H,3-14H2,1-2H3. The first kappa shape index (κ1) is 16.4. The molecule has 0 N–H and O–H groups in total. The minimum absolute atomic E-state index is 1.23. The number of unbranched alkanes of at least 4 members (excludes halogenated alkanes) is 10. The highest BCUT2D eigenvalue weighted by molar-refractivity contribution is 8.01. The average molecular weight is 243 g/mol. The van der Waals surface area contributed by atoms with Crippen molar-refractivity contribution in [1.29, 1.82) is 0 Å².